The highest BCUT2D eigenvalue weighted by Crippen LogP contribution is 2.25. The quantitative estimate of drug-likeness (QED) is 0.899. The van der Waals surface area contributed by atoms with Gasteiger partial charge in [-0.15, -0.1) is 5.10 Å². The van der Waals surface area contributed by atoms with Crippen LogP contribution < -0.4 is 5.73 Å². The third-order valence-corrected chi connectivity index (χ3v) is 2.80. The summed E-state index contributed by atoms with van der Waals surface area (Å²) in [6, 6.07) is 5.20. The number of aromatic nitrogens is 3. The molecule has 0 saturated heterocycles. The van der Waals surface area contributed by atoms with E-state index in [1.807, 2.05) is 6.92 Å². The minimum atomic E-state index is 0.425. The van der Waals surface area contributed by atoms with Crippen molar-refractivity contribution in [3.63, 3.8) is 0 Å². The van der Waals surface area contributed by atoms with Crippen LogP contribution in [0.1, 0.15) is 12.6 Å². The number of hydrogen-bond acceptors (Lipinski definition) is 3. The van der Waals surface area contributed by atoms with Crippen LogP contribution in [-0.4, -0.2) is 15.0 Å². The van der Waals surface area contributed by atoms with Gasteiger partial charge in [-0.05, 0) is 24.6 Å². The van der Waals surface area contributed by atoms with Gasteiger partial charge in [0.2, 0.25) is 0 Å². The van der Waals surface area contributed by atoms with Crippen molar-refractivity contribution in [1.82, 2.24) is 15.0 Å². The molecule has 6 heteroatoms. The zero-order chi connectivity index (χ0) is 11.7. The fraction of sp³-hybridized carbons (Fsp3) is 0.200. The molecular formula is C10H10Cl2N4. The topological polar surface area (TPSA) is 56.7 Å². The number of rotatable bonds is 2. The van der Waals surface area contributed by atoms with Gasteiger partial charge >= 0.3 is 0 Å². The Balaban J connectivity index is 2.58. The first-order valence-corrected chi connectivity index (χ1v) is 5.54. The Morgan fingerprint density at radius 1 is 1.38 bits per heavy atom. The van der Waals surface area contributed by atoms with E-state index in [2.05, 4.69) is 10.3 Å². The summed E-state index contributed by atoms with van der Waals surface area (Å²) in [7, 11) is 0. The summed E-state index contributed by atoms with van der Waals surface area (Å²) in [4.78, 5) is 0. The number of benzene rings is 1. The van der Waals surface area contributed by atoms with E-state index in [4.69, 9.17) is 28.9 Å². The van der Waals surface area contributed by atoms with Gasteiger partial charge in [0.15, 0.2) is 5.82 Å². The molecule has 0 amide bonds. The predicted molar refractivity (Wildman–Crippen MR) is 65.2 cm³/mol. The molecule has 1 aromatic carbocycles. The van der Waals surface area contributed by atoms with Gasteiger partial charge in [-0.2, -0.15) is 0 Å². The number of anilines is 1. The molecule has 0 fully saturated rings. The Labute approximate surface area is 103 Å². The van der Waals surface area contributed by atoms with E-state index in [0.717, 1.165) is 17.8 Å². The third-order valence-electron chi connectivity index (χ3n) is 2.27. The summed E-state index contributed by atoms with van der Waals surface area (Å²) >= 11 is 11.9. The van der Waals surface area contributed by atoms with Crippen LogP contribution >= 0.6 is 23.2 Å². The smallest absolute Gasteiger partial charge is 0.169 e. The minimum Gasteiger partial charge on any atom is -0.381 e. The van der Waals surface area contributed by atoms with E-state index in [-0.39, 0.29) is 0 Å². The van der Waals surface area contributed by atoms with Crippen molar-refractivity contribution in [2.75, 3.05) is 5.73 Å². The predicted octanol–water partition coefficient (Wildman–Crippen LogP) is 2.72. The molecule has 0 aliphatic carbocycles. The van der Waals surface area contributed by atoms with Crippen LogP contribution in [0.15, 0.2) is 18.2 Å². The summed E-state index contributed by atoms with van der Waals surface area (Å²) in [5.41, 5.74) is 7.27. The zero-order valence-corrected chi connectivity index (χ0v) is 10.1. The van der Waals surface area contributed by atoms with Crippen LogP contribution in [0.5, 0.6) is 0 Å². The van der Waals surface area contributed by atoms with Crippen molar-refractivity contribution < 1.29 is 0 Å². The van der Waals surface area contributed by atoms with E-state index in [1.165, 1.54) is 0 Å². The second kappa shape index (κ2) is 4.31. The van der Waals surface area contributed by atoms with Crippen molar-refractivity contribution in [3.8, 4) is 5.69 Å². The molecule has 2 rings (SSSR count). The standard InChI is InChI=1S/C10H10Cl2N4/c1-2-8-10(13)14-15-16(8)9-4-3-6(11)5-7(9)12/h3-5H,2,13H2,1H3. The Kier molecular flexibility index (Phi) is 3.03. The van der Waals surface area contributed by atoms with Crippen molar-refractivity contribution >= 4 is 29.0 Å². The lowest BCUT2D eigenvalue weighted by Gasteiger charge is -2.07. The maximum Gasteiger partial charge on any atom is 0.169 e. The molecule has 0 radical (unpaired) electrons. The molecule has 0 unspecified atom stereocenters. The Bertz CT molecular complexity index is 522. The van der Waals surface area contributed by atoms with E-state index < -0.39 is 0 Å². The highest BCUT2D eigenvalue weighted by atomic mass is 35.5. The number of nitrogen functional groups attached to an aromatic ring is 1. The number of nitrogens with two attached hydrogens (primary N) is 1. The van der Waals surface area contributed by atoms with Crippen molar-refractivity contribution in [2.45, 2.75) is 13.3 Å². The molecule has 0 aliphatic rings. The minimum absolute atomic E-state index is 0.425. The molecule has 0 bridgehead atoms. The Morgan fingerprint density at radius 2 is 2.12 bits per heavy atom. The molecule has 0 spiro atoms. The molecule has 0 aliphatic heterocycles. The number of nitrogens with zero attached hydrogens (tertiary/aromatic N) is 3. The first kappa shape index (κ1) is 11.2. The third kappa shape index (κ3) is 1.86. The molecule has 0 saturated carbocycles. The number of halogens is 2. The van der Waals surface area contributed by atoms with E-state index in [9.17, 15) is 0 Å². The van der Waals surface area contributed by atoms with Crippen LogP contribution in [0.2, 0.25) is 10.0 Å². The van der Waals surface area contributed by atoms with Gasteiger partial charge in [0.1, 0.15) is 0 Å². The van der Waals surface area contributed by atoms with Gasteiger partial charge in [-0.25, -0.2) is 4.68 Å². The monoisotopic (exact) mass is 256 g/mol. The molecule has 1 aromatic heterocycles. The largest absolute Gasteiger partial charge is 0.381 e. The molecule has 2 aromatic rings. The van der Waals surface area contributed by atoms with E-state index in [1.54, 1.807) is 22.9 Å². The van der Waals surface area contributed by atoms with Gasteiger partial charge in [0.05, 0.1) is 16.4 Å². The summed E-state index contributed by atoms with van der Waals surface area (Å²) < 4.78 is 1.63. The van der Waals surface area contributed by atoms with Crippen LogP contribution in [0.25, 0.3) is 5.69 Å². The average molecular weight is 257 g/mol. The average Bonchev–Trinajstić information content (AvgIpc) is 2.59. The van der Waals surface area contributed by atoms with Crippen molar-refractivity contribution in [3.05, 3.63) is 33.9 Å². The lowest BCUT2D eigenvalue weighted by Crippen LogP contribution is -2.03. The van der Waals surface area contributed by atoms with Gasteiger partial charge in [0, 0.05) is 5.02 Å². The molecule has 16 heavy (non-hydrogen) atoms. The van der Waals surface area contributed by atoms with Gasteiger partial charge < -0.3 is 5.73 Å². The molecule has 0 atom stereocenters. The summed E-state index contributed by atoms with van der Waals surface area (Å²) in [5, 5.41) is 8.89. The highest BCUT2D eigenvalue weighted by molar-refractivity contribution is 6.35. The van der Waals surface area contributed by atoms with Crippen LogP contribution in [-0.2, 0) is 6.42 Å². The SMILES string of the molecule is CCc1c(N)nnn1-c1ccc(Cl)cc1Cl. The zero-order valence-electron chi connectivity index (χ0n) is 8.61. The summed E-state index contributed by atoms with van der Waals surface area (Å²) in [6.07, 6.45) is 0.734. The van der Waals surface area contributed by atoms with Gasteiger partial charge in [-0.1, -0.05) is 35.3 Å². The van der Waals surface area contributed by atoms with Gasteiger partial charge in [-0.3, -0.25) is 0 Å². The van der Waals surface area contributed by atoms with E-state index in [0.29, 0.717) is 15.9 Å². The molecular weight excluding hydrogens is 247 g/mol. The van der Waals surface area contributed by atoms with Crippen LogP contribution in [0.3, 0.4) is 0 Å². The Morgan fingerprint density at radius 3 is 2.75 bits per heavy atom. The van der Waals surface area contributed by atoms with Crippen molar-refractivity contribution in [1.29, 1.82) is 0 Å². The summed E-state index contributed by atoms with van der Waals surface area (Å²) in [6.45, 7) is 1.98. The molecule has 2 N–H and O–H groups in total. The lowest BCUT2D eigenvalue weighted by molar-refractivity contribution is 0.767. The first-order chi connectivity index (χ1) is 7.63. The second-order valence-corrected chi connectivity index (χ2v) is 4.13. The fourth-order valence-corrected chi connectivity index (χ4v) is 1.98. The first-order valence-electron chi connectivity index (χ1n) is 4.79. The fourth-order valence-electron chi connectivity index (χ4n) is 1.49. The Hall–Kier alpha value is -1.26. The summed E-state index contributed by atoms with van der Waals surface area (Å²) in [5.74, 6) is 0.425. The normalized spacial score (nSPS) is 10.7. The van der Waals surface area contributed by atoms with Crippen molar-refractivity contribution in [2.24, 2.45) is 0 Å². The van der Waals surface area contributed by atoms with Gasteiger partial charge in [0.25, 0.3) is 0 Å². The maximum absolute atomic E-state index is 6.09. The van der Waals surface area contributed by atoms with Crippen LogP contribution in [0.4, 0.5) is 5.82 Å². The highest BCUT2D eigenvalue weighted by Gasteiger charge is 2.12. The second-order valence-electron chi connectivity index (χ2n) is 3.28. The maximum atomic E-state index is 6.09. The number of hydrogen-bond donors (Lipinski definition) is 1. The molecule has 1 heterocycles. The molecule has 4 nitrogen and oxygen atoms in total. The lowest BCUT2D eigenvalue weighted by atomic mass is 10.3. The van der Waals surface area contributed by atoms with Crippen LogP contribution in [0, 0.1) is 0 Å². The van der Waals surface area contributed by atoms with E-state index >= 15 is 0 Å². The molecule has 84 valence electrons.